The lowest BCUT2D eigenvalue weighted by atomic mass is 10.0. The van der Waals surface area contributed by atoms with Crippen LogP contribution in [0.25, 0.3) is 33.9 Å². The van der Waals surface area contributed by atoms with Crippen LogP contribution in [0.5, 0.6) is 0 Å². The van der Waals surface area contributed by atoms with Crippen LogP contribution in [0.15, 0.2) is 47.1 Å². The molecular weight excluding hydrogens is 356 g/mol. The molecule has 0 bridgehead atoms. The first kappa shape index (κ1) is 16.7. The van der Waals surface area contributed by atoms with Crippen molar-refractivity contribution in [1.29, 1.82) is 0 Å². The third-order valence-corrected chi connectivity index (χ3v) is 5.29. The van der Waals surface area contributed by atoms with Gasteiger partial charge < -0.3 is 14.2 Å². The number of fused-ring (bicyclic) bond motifs is 3. The number of hydrogen-bond donors (Lipinski definition) is 1. The zero-order valence-electron chi connectivity index (χ0n) is 15.3. The number of carbonyl (C=O) groups is 1. The summed E-state index contributed by atoms with van der Waals surface area (Å²) in [6.07, 6.45) is 2.76. The van der Waals surface area contributed by atoms with Crippen LogP contribution in [0.2, 0.25) is 0 Å². The van der Waals surface area contributed by atoms with Crippen molar-refractivity contribution in [2.75, 3.05) is 0 Å². The molecule has 1 atom stereocenters. The highest BCUT2D eigenvalue weighted by atomic mass is 16.5. The van der Waals surface area contributed by atoms with E-state index in [1.807, 2.05) is 37.3 Å². The van der Waals surface area contributed by atoms with Gasteiger partial charge in [0.25, 0.3) is 5.89 Å². The van der Waals surface area contributed by atoms with E-state index in [1.54, 1.807) is 6.20 Å². The first-order valence-electron chi connectivity index (χ1n) is 9.20. The number of pyridine rings is 1. The third kappa shape index (κ3) is 2.76. The van der Waals surface area contributed by atoms with Crippen molar-refractivity contribution < 1.29 is 14.4 Å². The highest BCUT2D eigenvalue weighted by molar-refractivity contribution is 5.86. The third-order valence-electron chi connectivity index (χ3n) is 5.29. The molecule has 0 saturated heterocycles. The van der Waals surface area contributed by atoms with Crippen molar-refractivity contribution in [3.8, 4) is 23.0 Å². The fourth-order valence-electron chi connectivity index (χ4n) is 3.97. The molecule has 1 aliphatic rings. The molecule has 4 heterocycles. The molecule has 28 heavy (non-hydrogen) atoms. The highest BCUT2D eigenvalue weighted by Gasteiger charge is 2.27. The molecule has 0 fully saturated rings. The van der Waals surface area contributed by atoms with Gasteiger partial charge in [0.15, 0.2) is 0 Å². The van der Waals surface area contributed by atoms with Crippen LogP contribution < -0.4 is 0 Å². The SMILES string of the molecule is Cc1ccnc(-c2nc(-c3ccc4c(c3)cc3n4CCC3CC(=O)O)no2)c1. The van der Waals surface area contributed by atoms with E-state index in [1.165, 1.54) is 0 Å². The summed E-state index contributed by atoms with van der Waals surface area (Å²) in [6.45, 7) is 2.84. The number of rotatable bonds is 4. The zero-order chi connectivity index (χ0) is 19.3. The lowest BCUT2D eigenvalue weighted by molar-refractivity contribution is -0.137. The van der Waals surface area contributed by atoms with E-state index in [9.17, 15) is 4.79 Å². The van der Waals surface area contributed by atoms with Crippen LogP contribution in [0, 0.1) is 6.92 Å². The fourth-order valence-corrected chi connectivity index (χ4v) is 3.97. The minimum atomic E-state index is -0.756. The maximum atomic E-state index is 11.1. The van der Waals surface area contributed by atoms with E-state index in [0.717, 1.165) is 40.7 Å². The Labute approximate surface area is 160 Å². The molecule has 4 aromatic rings. The van der Waals surface area contributed by atoms with Gasteiger partial charge in [0.2, 0.25) is 5.82 Å². The molecule has 1 unspecified atom stereocenters. The summed E-state index contributed by atoms with van der Waals surface area (Å²) in [6, 6.07) is 11.9. The summed E-state index contributed by atoms with van der Waals surface area (Å²) in [7, 11) is 0. The zero-order valence-corrected chi connectivity index (χ0v) is 15.3. The van der Waals surface area contributed by atoms with Crippen molar-refractivity contribution in [3.63, 3.8) is 0 Å². The van der Waals surface area contributed by atoms with Gasteiger partial charge in [-0.3, -0.25) is 9.78 Å². The quantitative estimate of drug-likeness (QED) is 0.580. The summed E-state index contributed by atoms with van der Waals surface area (Å²) >= 11 is 0. The highest BCUT2D eigenvalue weighted by Crippen LogP contribution is 2.37. The van der Waals surface area contributed by atoms with Gasteiger partial charge in [0.1, 0.15) is 5.69 Å². The van der Waals surface area contributed by atoms with Crippen LogP contribution in [0.3, 0.4) is 0 Å². The minimum Gasteiger partial charge on any atom is -0.481 e. The summed E-state index contributed by atoms with van der Waals surface area (Å²) in [4.78, 5) is 19.9. The average molecular weight is 374 g/mol. The van der Waals surface area contributed by atoms with Gasteiger partial charge in [-0.25, -0.2) is 0 Å². The predicted octanol–water partition coefficient (Wildman–Crippen LogP) is 4.02. The Morgan fingerprint density at radius 2 is 2.18 bits per heavy atom. The van der Waals surface area contributed by atoms with E-state index < -0.39 is 5.97 Å². The second-order valence-electron chi connectivity index (χ2n) is 7.22. The van der Waals surface area contributed by atoms with E-state index in [0.29, 0.717) is 17.4 Å². The number of aliphatic carboxylic acids is 1. The molecule has 7 heteroatoms. The number of nitrogens with zero attached hydrogens (tertiary/aromatic N) is 4. The van der Waals surface area contributed by atoms with Crippen LogP contribution >= 0.6 is 0 Å². The molecular formula is C21H18N4O3. The minimum absolute atomic E-state index is 0.0672. The summed E-state index contributed by atoms with van der Waals surface area (Å²) in [5.74, 6) is 0.208. The molecule has 0 spiro atoms. The Bertz CT molecular complexity index is 1210. The van der Waals surface area contributed by atoms with Crippen molar-refractivity contribution in [2.24, 2.45) is 0 Å². The Balaban J connectivity index is 1.50. The van der Waals surface area contributed by atoms with Crippen LogP contribution in [0.1, 0.15) is 30.0 Å². The second kappa shape index (κ2) is 6.30. The predicted molar refractivity (Wildman–Crippen MR) is 103 cm³/mol. The average Bonchev–Trinajstić information content (AvgIpc) is 3.37. The van der Waals surface area contributed by atoms with Crippen LogP contribution in [0.4, 0.5) is 0 Å². The molecule has 5 rings (SSSR count). The molecule has 1 aliphatic heterocycles. The van der Waals surface area contributed by atoms with Crippen molar-refractivity contribution in [2.45, 2.75) is 32.2 Å². The number of carboxylic acid groups (broad SMARTS) is 1. The molecule has 0 radical (unpaired) electrons. The number of aromatic nitrogens is 4. The molecule has 140 valence electrons. The number of benzene rings is 1. The van der Waals surface area contributed by atoms with Crippen molar-refractivity contribution >= 4 is 16.9 Å². The molecule has 3 aromatic heterocycles. The molecule has 0 amide bonds. The maximum absolute atomic E-state index is 11.1. The number of carboxylic acids is 1. The van der Waals surface area contributed by atoms with E-state index in [2.05, 4.69) is 25.8 Å². The van der Waals surface area contributed by atoms with Gasteiger partial charge >= 0.3 is 5.97 Å². The smallest absolute Gasteiger partial charge is 0.304 e. The molecule has 7 nitrogen and oxygen atoms in total. The largest absolute Gasteiger partial charge is 0.481 e. The lowest BCUT2D eigenvalue weighted by Gasteiger charge is -2.04. The van der Waals surface area contributed by atoms with Gasteiger partial charge in [-0.15, -0.1) is 0 Å². The van der Waals surface area contributed by atoms with Crippen LogP contribution in [-0.4, -0.2) is 30.8 Å². The monoisotopic (exact) mass is 374 g/mol. The Morgan fingerprint density at radius 1 is 1.29 bits per heavy atom. The Kier molecular flexibility index (Phi) is 3.75. The second-order valence-corrected chi connectivity index (χ2v) is 7.22. The van der Waals surface area contributed by atoms with Gasteiger partial charge in [0, 0.05) is 40.8 Å². The first-order valence-corrected chi connectivity index (χ1v) is 9.20. The Hall–Kier alpha value is -3.48. The van der Waals surface area contributed by atoms with Crippen LogP contribution in [-0.2, 0) is 11.3 Å². The maximum Gasteiger partial charge on any atom is 0.304 e. The number of aryl methyl sites for hydroxylation is 2. The van der Waals surface area contributed by atoms with E-state index in [-0.39, 0.29) is 12.3 Å². The van der Waals surface area contributed by atoms with Gasteiger partial charge in [-0.05, 0) is 55.3 Å². The normalized spacial score (nSPS) is 15.8. The van der Waals surface area contributed by atoms with Gasteiger partial charge in [-0.2, -0.15) is 4.98 Å². The molecule has 1 aromatic carbocycles. The fraction of sp³-hybridized carbons (Fsp3) is 0.238. The molecule has 1 N–H and O–H groups in total. The summed E-state index contributed by atoms with van der Waals surface area (Å²) < 4.78 is 7.61. The molecule has 0 aliphatic carbocycles. The lowest BCUT2D eigenvalue weighted by Crippen LogP contribution is -2.02. The molecule has 0 saturated carbocycles. The Morgan fingerprint density at radius 3 is 3.00 bits per heavy atom. The topological polar surface area (TPSA) is 94.0 Å². The first-order chi connectivity index (χ1) is 13.6. The van der Waals surface area contributed by atoms with E-state index >= 15 is 0 Å². The van der Waals surface area contributed by atoms with Crippen molar-refractivity contribution in [1.82, 2.24) is 19.7 Å². The van der Waals surface area contributed by atoms with Crippen molar-refractivity contribution in [3.05, 3.63) is 53.9 Å². The summed E-state index contributed by atoms with van der Waals surface area (Å²) in [5.41, 5.74) is 4.78. The number of hydrogen-bond acceptors (Lipinski definition) is 5. The summed E-state index contributed by atoms with van der Waals surface area (Å²) in [5, 5.41) is 14.3. The van der Waals surface area contributed by atoms with Gasteiger partial charge in [0.05, 0.1) is 6.42 Å². The standard InChI is InChI=1S/C21H18N4O3/c1-12-4-6-22-16(8-12)21-23-20(24-28-21)14-2-3-17-15(9-14)10-18-13(11-19(26)27)5-7-25(17)18/h2-4,6,8-10,13H,5,7,11H2,1H3,(H,26,27). The van der Waals surface area contributed by atoms with Gasteiger partial charge in [-0.1, -0.05) is 5.16 Å². The van der Waals surface area contributed by atoms with E-state index in [4.69, 9.17) is 9.63 Å².